The molecule has 8 aromatic carbocycles. The number of hydrogen-bond acceptors (Lipinski definition) is 2. The molecule has 0 radical (unpaired) electrons. The zero-order chi connectivity index (χ0) is 34.2. The van der Waals surface area contributed by atoms with Crippen molar-refractivity contribution in [3.8, 4) is 16.8 Å². The average Bonchev–Trinajstić information content (AvgIpc) is 3.87. The third-order valence-electron chi connectivity index (χ3n) is 10.4. The molecule has 52 heavy (non-hydrogen) atoms. The summed E-state index contributed by atoms with van der Waals surface area (Å²) in [5.41, 5.74) is 10.9. The van der Waals surface area contributed by atoms with Gasteiger partial charge in [0.25, 0.3) is 0 Å². The number of anilines is 3. The molecule has 0 aliphatic heterocycles. The van der Waals surface area contributed by atoms with Crippen molar-refractivity contribution in [3.05, 3.63) is 182 Å². The second kappa shape index (κ2) is 11.6. The van der Waals surface area contributed by atoms with Crippen LogP contribution in [0.15, 0.2) is 186 Å². The quantitative estimate of drug-likeness (QED) is 0.165. The van der Waals surface area contributed by atoms with Crippen molar-refractivity contribution in [2.24, 2.45) is 0 Å². The molecule has 0 bridgehead atoms. The maximum Gasteiger partial charge on any atom is -0.0380 e. The van der Waals surface area contributed by atoms with E-state index in [1.807, 2.05) is 12.1 Å². The smallest absolute Gasteiger partial charge is 0.0380 e. The van der Waals surface area contributed by atoms with Crippen LogP contribution in [0.25, 0.3) is 79.9 Å². The van der Waals surface area contributed by atoms with Gasteiger partial charge in [-0.25, -0.2) is 0 Å². The molecule has 0 unspecified atom stereocenters. The van der Waals surface area contributed by atoms with Gasteiger partial charge in [-0.3, -0.25) is 0 Å². The molecule has 0 spiro atoms. The average molecular weight is 730 g/mol. The van der Waals surface area contributed by atoms with E-state index >= 15 is 0 Å². The van der Waals surface area contributed by atoms with E-state index in [1.165, 1.54) is 46.7 Å². The number of hydrogen-bond donors (Lipinski definition) is 0. The minimum Gasteiger partial charge on any atom is -0.0602 e. The van der Waals surface area contributed by atoms with Gasteiger partial charge in [0, 0.05) is 16.5 Å². The van der Waals surface area contributed by atoms with Crippen LogP contribution in [0.3, 0.4) is 0 Å². The van der Waals surface area contributed by atoms with Crippen LogP contribution in [0.1, 0.15) is 0 Å². The number of rotatable bonds is 5. The van der Waals surface area contributed by atoms with Gasteiger partial charge >= 0.3 is 201 Å². The Hall–Kier alpha value is -6.32. The van der Waals surface area contributed by atoms with Crippen LogP contribution in [0.5, 0.6) is 0 Å². The second-order valence-corrected chi connectivity index (χ2v) is 15.6. The molecule has 0 fully saturated rings. The van der Waals surface area contributed by atoms with Crippen molar-refractivity contribution in [3.63, 3.8) is 0 Å². The molecule has 0 aliphatic carbocycles. The maximum absolute atomic E-state index is 6.41. The molecule has 11 aromatic rings. The first kappa shape index (κ1) is 29.4. The zero-order valence-corrected chi connectivity index (χ0v) is 29.7. The molecule has 0 N–H and O–H groups in total. The molecule has 3 aromatic heterocycles. The van der Waals surface area contributed by atoms with Crippen LogP contribution in [0, 0.1) is 0 Å². The molecule has 3 nitrogen and oxygen atoms in total. The second-order valence-electron chi connectivity index (χ2n) is 13.4. The van der Waals surface area contributed by atoms with Crippen LogP contribution in [0.2, 0.25) is 0 Å². The Morgan fingerprint density at radius 2 is 0.981 bits per heavy atom. The Bertz CT molecular complexity index is 3130. The minimum atomic E-state index is 0.328. The zero-order valence-electron chi connectivity index (χ0n) is 28.0. The predicted octanol–water partition coefficient (Wildman–Crippen LogP) is 13.2. The van der Waals surface area contributed by atoms with Crippen molar-refractivity contribution < 1.29 is 4.42 Å². The molecule has 0 amide bonds. The van der Waals surface area contributed by atoms with Crippen LogP contribution < -0.4 is 4.90 Å². The topological polar surface area (TPSA) is 21.3 Å². The van der Waals surface area contributed by atoms with Gasteiger partial charge in [0.2, 0.25) is 0 Å². The van der Waals surface area contributed by atoms with Crippen molar-refractivity contribution in [1.82, 2.24) is 4.57 Å². The summed E-state index contributed by atoms with van der Waals surface area (Å²) in [7, 11) is 0. The fourth-order valence-corrected chi connectivity index (χ4v) is 10.4. The van der Waals surface area contributed by atoms with Gasteiger partial charge in [-0.15, -0.1) is 0 Å². The molecule has 11 rings (SSSR count). The summed E-state index contributed by atoms with van der Waals surface area (Å²) < 4.78 is 11.7. The Kier molecular flexibility index (Phi) is 6.57. The molecule has 0 aliphatic rings. The standard InChI is InChI=1S/C48H30N2OSe/c1-2-10-33(11-3-1)50-43-15-7-4-12-37(43)38-26-23-35(29-44(38)50)49(36-24-27-40-39-13-5-8-16-45(39)51-46(40)30-36)34-21-18-31(19-22-34)32-20-25-42-41-14-6-9-17-47(41)52-48(42)28-32/h1-30H. The SMILES string of the molecule is c1ccc(-n2c3ccccc3c3ccc(N(c4ccc(-c5ccc6c(c5)[se]c5ccccc56)cc4)c4ccc5c(c4)oc4ccccc45)cc32)cc1. The normalized spacial score (nSPS) is 11.8. The number of furan rings is 1. The number of para-hydroxylation sites is 3. The van der Waals surface area contributed by atoms with E-state index < -0.39 is 0 Å². The van der Waals surface area contributed by atoms with E-state index in [-0.39, 0.29) is 0 Å². The molecule has 0 atom stereocenters. The van der Waals surface area contributed by atoms with E-state index in [9.17, 15) is 0 Å². The van der Waals surface area contributed by atoms with E-state index in [0.717, 1.165) is 50.2 Å². The van der Waals surface area contributed by atoms with Crippen molar-refractivity contribution >= 4 is 94.6 Å². The van der Waals surface area contributed by atoms with Crippen LogP contribution in [-0.2, 0) is 0 Å². The van der Waals surface area contributed by atoms with Crippen LogP contribution >= 0.6 is 0 Å². The molecule has 4 heteroatoms. The Balaban J connectivity index is 1.09. The van der Waals surface area contributed by atoms with Gasteiger partial charge in [0.15, 0.2) is 0 Å². The van der Waals surface area contributed by atoms with E-state index in [1.54, 1.807) is 0 Å². The predicted molar refractivity (Wildman–Crippen MR) is 220 cm³/mol. The molecule has 0 saturated heterocycles. The number of aromatic nitrogens is 1. The molecule has 3 heterocycles. The maximum atomic E-state index is 6.41. The summed E-state index contributed by atoms with van der Waals surface area (Å²) in [4.78, 5) is 2.35. The third kappa shape index (κ3) is 4.59. The van der Waals surface area contributed by atoms with Crippen molar-refractivity contribution in [1.29, 1.82) is 0 Å². The first-order chi connectivity index (χ1) is 25.8. The van der Waals surface area contributed by atoms with Gasteiger partial charge in [-0.1, -0.05) is 54.6 Å². The molecule has 244 valence electrons. The Morgan fingerprint density at radius 1 is 0.385 bits per heavy atom. The number of nitrogens with zero attached hydrogens (tertiary/aromatic N) is 2. The largest absolute Gasteiger partial charge is 0.0602 e. The Labute approximate surface area is 305 Å². The molecule has 0 saturated carbocycles. The van der Waals surface area contributed by atoms with E-state index in [2.05, 4.69) is 179 Å². The summed E-state index contributed by atoms with van der Waals surface area (Å²) in [6.45, 7) is 0. The summed E-state index contributed by atoms with van der Waals surface area (Å²) in [6.07, 6.45) is 0. The molecular weight excluding hydrogens is 700 g/mol. The van der Waals surface area contributed by atoms with E-state index in [0.29, 0.717) is 14.5 Å². The monoisotopic (exact) mass is 730 g/mol. The summed E-state index contributed by atoms with van der Waals surface area (Å²) in [5, 5.41) is 7.49. The van der Waals surface area contributed by atoms with Crippen LogP contribution in [-0.4, -0.2) is 19.1 Å². The van der Waals surface area contributed by atoms with Gasteiger partial charge in [0.1, 0.15) is 5.58 Å². The van der Waals surface area contributed by atoms with Crippen LogP contribution in [0.4, 0.5) is 17.1 Å². The number of benzene rings is 8. The first-order valence-corrected chi connectivity index (χ1v) is 19.3. The summed E-state index contributed by atoms with van der Waals surface area (Å²) in [5.74, 6) is 0. The molecular formula is C48H30N2OSe. The van der Waals surface area contributed by atoms with Gasteiger partial charge < -0.3 is 0 Å². The van der Waals surface area contributed by atoms with Crippen molar-refractivity contribution in [2.45, 2.75) is 0 Å². The van der Waals surface area contributed by atoms with Gasteiger partial charge in [-0.2, -0.15) is 0 Å². The van der Waals surface area contributed by atoms with Gasteiger partial charge in [-0.05, 0) is 24.3 Å². The fraction of sp³-hybridized carbons (Fsp3) is 0. The first-order valence-electron chi connectivity index (χ1n) is 17.6. The Morgan fingerprint density at radius 3 is 1.85 bits per heavy atom. The van der Waals surface area contributed by atoms with Crippen molar-refractivity contribution in [2.75, 3.05) is 4.90 Å². The van der Waals surface area contributed by atoms with Gasteiger partial charge in [0.05, 0.1) is 5.52 Å². The summed E-state index contributed by atoms with van der Waals surface area (Å²) >= 11 is 0.328. The minimum absolute atomic E-state index is 0.328. The third-order valence-corrected chi connectivity index (χ3v) is 12.8. The summed E-state index contributed by atoms with van der Waals surface area (Å²) in [6, 6.07) is 65.9. The fourth-order valence-electron chi connectivity index (χ4n) is 7.96. The van der Waals surface area contributed by atoms with E-state index in [4.69, 9.17) is 4.42 Å². The number of fused-ring (bicyclic) bond motifs is 9.